The maximum absolute atomic E-state index is 13.3. The van der Waals surface area contributed by atoms with Crippen LogP contribution in [0.5, 0.6) is 0 Å². The van der Waals surface area contributed by atoms with Gasteiger partial charge in [-0.15, -0.1) is 0 Å². The first-order chi connectivity index (χ1) is 19.5. The molecular formula is C34H37N5O. The minimum atomic E-state index is 0.0137. The molecule has 1 amide bonds. The van der Waals surface area contributed by atoms with Crippen LogP contribution in [0.25, 0.3) is 21.8 Å². The number of anilines is 2. The fourth-order valence-electron chi connectivity index (χ4n) is 5.99. The number of para-hydroxylation sites is 2. The monoisotopic (exact) mass is 531 g/mol. The Morgan fingerprint density at radius 3 is 2.38 bits per heavy atom. The van der Waals surface area contributed by atoms with Gasteiger partial charge in [0.2, 0.25) is 0 Å². The van der Waals surface area contributed by atoms with Crippen LogP contribution in [0.2, 0.25) is 0 Å². The highest BCUT2D eigenvalue weighted by Crippen LogP contribution is 2.30. The molecule has 2 N–H and O–H groups in total. The average Bonchev–Trinajstić information content (AvgIpc) is 3.35. The molecule has 6 rings (SSSR count). The van der Waals surface area contributed by atoms with Crippen molar-refractivity contribution >= 4 is 39.2 Å². The van der Waals surface area contributed by atoms with Crippen molar-refractivity contribution in [2.75, 3.05) is 30.9 Å². The summed E-state index contributed by atoms with van der Waals surface area (Å²) in [5.74, 6) is 1.44. The summed E-state index contributed by atoms with van der Waals surface area (Å²) in [5.41, 5.74) is 5.24. The molecule has 0 saturated heterocycles. The van der Waals surface area contributed by atoms with E-state index in [2.05, 4.69) is 88.8 Å². The summed E-state index contributed by atoms with van der Waals surface area (Å²) in [6, 6.07) is 29.4. The number of amides is 1. The van der Waals surface area contributed by atoms with Crippen molar-refractivity contribution < 1.29 is 4.79 Å². The standard InChI is InChI=1S/C34H37N5O/c1-38(2)32-20-33(37-30-14-8-6-13-28(30)32)36-26-18-16-24(17-19-26)21-35-34(40)29-23-39(22-25-10-4-3-5-11-25)31-15-9-7-12-27(29)31/h3-15,20,23-24,26H,16-19,21-22H2,1-2H3,(H,35,40)(H,36,37)/t24-,26+. The minimum absolute atomic E-state index is 0.0137. The van der Waals surface area contributed by atoms with Gasteiger partial charge < -0.3 is 20.1 Å². The van der Waals surface area contributed by atoms with Gasteiger partial charge in [-0.1, -0.05) is 66.7 Å². The summed E-state index contributed by atoms with van der Waals surface area (Å²) in [7, 11) is 4.15. The SMILES string of the molecule is CN(C)c1cc(N[C@H]2CC[C@@H](CNC(=O)c3cn(Cc4ccccc4)c4ccccc34)CC2)nc2ccccc12. The third-order valence-electron chi connectivity index (χ3n) is 8.16. The molecule has 0 radical (unpaired) electrons. The van der Waals surface area contributed by atoms with Gasteiger partial charge in [0.1, 0.15) is 5.82 Å². The summed E-state index contributed by atoms with van der Waals surface area (Å²) in [6.07, 6.45) is 6.32. The molecule has 1 saturated carbocycles. The van der Waals surface area contributed by atoms with Gasteiger partial charge in [0.05, 0.1) is 11.1 Å². The number of hydrogen-bond acceptors (Lipinski definition) is 4. The highest BCUT2D eigenvalue weighted by atomic mass is 16.1. The molecule has 0 unspecified atom stereocenters. The smallest absolute Gasteiger partial charge is 0.253 e. The fourth-order valence-corrected chi connectivity index (χ4v) is 5.99. The van der Waals surface area contributed by atoms with Crippen LogP contribution >= 0.6 is 0 Å². The highest BCUT2D eigenvalue weighted by molar-refractivity contribution is 6.07. The predicted molar refractivity (Wildman–Crippen MR) is 165 cm³/mol. The normalized spacial score (nSPS) is 17.1. The first-order valence-corrected chi connectivity index (χ1v) is 14.3. The molecule has 6 heteroatoms. The quantitative estimate of drug-likeness (QED) is 0.234. The molecule has 2 heterocycles. The number of hydrogen-bond donors (Lipinski definition) is 2. The molecule has 1 fully saturated rings. The zero-order valence-electron chi connectivity index (χ0n) is 23.3. The van der Waals surface area contributed by atoms with Crippen molar-refractivity contribution in [2.45, 2.75) is 38.3 Å². The Morgan fingerprint density at radius 2 is 1.60 bits per heavy atom. The Kier molecular flexibility index (Phi) is 7.41. The lowest BCUT2D eigenvalue weighted by Crippen LogP contribution is -2.34. The van der Waals surface area contributed by atoms with Crippen LogP contribution in [-0.4, -0.2) is 42.1 Å². The second-order valence-electron chi connectivity index (χ2n) is 11.2. The van der Waals surface area contributed by atoms with Gasteiger partial charge in [-0.3, -0.25) is 4.79 Å². The van der Waals surface area contributed by atoms with E-state index in [-0.39, 0.29) is 5.91 Å². The molecule has 0 atom stereocenters. The Labute approximate surface area is 236 Å². The highest BCUT2D eigenvalue weighted by Gasteiger charge is 2.23. The van der Waals surface area contributed by atoms with Crippen LogP contribution < -0.4 is 15.5 Å². The molecule has 3 aromatic carbocycles. The largest absolute Gasteiger partial charge is 0.377 e. The van der Waals surface area contributed by atoms with Crippen LogP contribution in [0.3, 0.4) is 0 Å². The van der Waals surface area contributed by atoms with E-state index >= 15 is 0 Å². The van der Waals surface area contributed by atoms with Crippen LogP contribution in [0.4, 0.5) is 11.5 Å². The molecule has 2 aromatic heterocycles. The maximum atomic E-state index is 13.3. The molecule has 40 heavy (non-hydrogen) atoms. The summed E-state index contributed by atoms with van der Waals surface area (Å²) in [5, 5.41) is 9.12. The molecule has 5 aromatic rings. The van der Waals surface area contributed by atoms with E-state index in [1.165, 1.54) is 16.6 Å². The van der Waals surface area contributed by atoms with Crippen molar-refractivity contribution in [1.29, 1.82) is 0 Å². The van der Waals surface area contributed by atoms with E-state index in [4.69, 9.17) is 4.98 Å². The Morgan fingerprint density at radius 1 is 0.900 bits per heavy atom. The second kappa shape index (κ2) is 11.4. The Bertz CT molecular complexity index is 1620. The van der Waals surface area contributed by atoms with E-state index in [9.17, 15) is 4.79 Å². The fraction of sp³-hybridized carbons (Fsp3) is 0.294. The van der Waals surface area contributed by atoms with E-state index < -0.39 is 0 Å². The lowest BCUT2D eigenvalue weighted by molar-refractivity contribution is 0.0944. The number of carbonyl (C=O) groups excluding carboxylic acids is 1. The average molecular weight is 532 g/mol. The van der Waals surface area contributed by atoms with Gasteiger partial charge in [0.25, 0.3) is 5.91 Å². The number of carbonyl (C=O) groups is 1. The van der Waals surface area contributed by atoms with Gasteiger partial charge in [-0.05, 0) is 49.3 Å². The number of fused-ring (bicyclic) bond motifs is 2. The van der Waals surface area contributed by atoms with E-state index in [0.29, 0.717) is 18.5 Å². The predicted octanol–water partition coefficient (Wildman–Crippen LogP) is 6.70. The molecule has 0 spiro atoms. The Hall–Kier alpha value is -4.32. The number of pyridine rings is 1. The molecular weight excluding hydrogens is 494 g/mol. The van der Waals surface area contributed by atoms with Crippen molar-refractivity contribution in [3.05, 3.63) is 102 Å². The summed E-state index contributed by atoms with van der Waals surface area (Å²) in [4.78, 5) is 20.3. The molecule has 6 nitrogen and oxygen atoms in total. The van der Waals surface area contributed by atoms with E-state index in [0.717, 1.165) is 60.0 Å². The summed E-state index contributed by atoms with van der Waals surface area (Å²) in [6.45, 7) is 1.45. The van der Waals surface area contributed by atoms with Crippen LogP contribution in [0.15, 0.2) is 91.1 Å². The third-order valence-corrected chi connectivity index (χ3v) is 8.16. The van der Waals surface area contributed by atoms with Crippen LogP contribution in [-0.2, 0) is 6.54 Å². The molecule has 204 valence electrons. The zero-order valence-corrected chi connectivity index (χ0v) is 23.3. The molecule has 0 aliphatic heterocycles. The van der Waals surface area contributed by atoms with Gasteiger partial charge in [0, 0.05) is 67.5 Å². The molecule has 1 aliphatic rings. The number of nitrogens with zero attached hydrogens (tertiary/aromatic N) is 3. The number of aromatic nitrogens is 2. The third kappa shape index (κ3) is 5.53. The number of benzene rings is 3. The van der Waals surface area contributed by atoms with Crippen LogP contribution in [0.1, 0.15) is 41.6 Å². The van der Waals surface area contributed by atoms with Crippen molar-refractivity contribution in [1.82, 2.24) is 14.9 Å². The van der Waals surface area contributed by atoms with E-state index in [1.54, 1.807) is 0 Å². The second-order valence-corrected chi connectivity index (χ2v) is 11.2. The van der Waals surface area contributed by atoms with E-state index in [1.807, 2.05) is 36.5 Å². The lowest BCUT2D eigenvalue weighted by Gasteiger charge is -2.30. The van der Waals surface area contributed by atoms with Gasteiger partial charge >= 0.3 is 0 Å². The van der Waals surface area contributed by atoms with Crippen molar-refractivity contribution in [3.8, 4) is 0 Å². The zero-order chi connectivity index (χ0) is 27.5. The number of nitrogens with one attached hydrogen (secondary N) is 2. The molecule has 1 aliphatic carbocycles. The maximum Gasteiger partial charge on any atom is 0.253 e. The minimum Gasteiger partial charge on any atom is -0.377 e. The first-order valence-electron chi connectivity index (χ1n) is 14.3. The van der Waals surface area contributed by atoms with Gasteiger partial charge in [-0.25, -0.2) is 4.98 Å². The molecule has 0 bridgehead atoms. The topological polar surface area (TPSA) is 62.2 Å². The van der Waals surface area contributed by atoms with Crippen LogP contribution in [0, 0.1) is 5.92 Å². The van der Waals surface area contributed by atoms with Gasteiger partial charge in [-0.2, -0.15) is 0 Å². The Balaban J connectivity index is 1.06. The van der Waals surface area contributed by atoms with Crippen molar-refractivity contribution in [2.24, 2.45) is 5.92 Å². The summed E-state index contributed by atoms with van der Waals surface area (Å²) >= 11 is 0. The first kappa shape index (κ1) is 25.9. The van der Waals surface area contributed by atoms with Crippen molar-refractivity contribution in [3.63, 3.8) is 0 Å². The lowest BCUT2D eigenvalue weighted by atomic mass is 9.86. The van der Waals surface area contributed by atoms with Gasteiger partial charge in [0.15, 0.2) is 0 Å². The summed E-state index contributed by atoms with van der Waals surface area (Å²) < 4.78 is 2.18. The number of rotatable bonds is 8.